The number of hydrogen-bond donors (Lipinski definition) is 1. The number of nitrogens with zero attached hydrogens (tertiary/aromatic N) is 1. The zero-order valence-corrected chi connectivity index (χ0v) is 9.79. The molecular weight excluding hydrogens is 288 g/mol. The molecule has 1 aromatic rings. The van der Waals surface area contributed by atoms with E-state index in [1.807, 2.05) is 0 Å². The van der Waals surface area contributed by atoms with Crippen LogP contribution in [0.5, 0.6) is 5.88 Å². The van der Waals surface area contributed by atoms with Crippen molar-refractivity contribution in [1.29, 1.82) is 0 Å². The predicted octanol–water partition coefficient (Wildman–Crippen LogP) is 2.42. The number of aromatic nitrogens is 1. The van der Waals surface area contributed by atoms with Gasteiger partial charge in [-0.2, -0.15) is 0 Å². The first kappa shape index (κ1) is 12.8. The third-order valence-electron chi connectivity index (χ3n) is 1.88. The van der Waals surface area contributed by atoms with Crippen molar-refractivity contribution in [1.82, 2.24) is 4.98 Å². The third kappa shape index (κ3) is 2.66. The number of methoxy groups -OCH3 is 1. The molecule has 0 saturated heterocycles. The summed E-state index contributed by atoms with van der Waals surface area (Å²) in [5.41, 5.74) is -0.506. The number of aliphatic carboxylic acids is 1. The van der Waals surface area contributed by atoms with Crippen molar-refractivity contribution in [2.45, 2.75) is 12.8 Å². The van der Waals surface area contributed by atoms with Gasteiger partial charge < -0.3 is 9.84 Å². The Bertz CT molecular complexity index is 412. The summed E-state index contributed by atoms with van der Waals surface area (Å²) in [7, 11) is 1.25. The first-order chi connectivity index (χ1) is 7.47. The van der Waals surface area contributed by atoms with Gasteiger partial charge in [-0.3, -0.25) is 4.79 Å². The van der Waals surface area contributed by atoms with Gasteiger partial charge in [0.25, 0.3) is 6.43 Å². The highest BCUT2D eigenvalue weighted by molar-refractivity contribution is 9.10. The summed E-state index contributed by atoms with van der Waals surface area (Å²) in [5.74, 6) is -1.32. The van der Waals surface area contributed by atoms with Crippen LogP contribution in [0.25, 0.3) is 0 Å². The van der Waals surface area contributed by atoms with Crippen LogP contribution in [0, 0.1) is 0 Å². The molecule has 0 amide bonds. The number of carbonyl (C=O) groups is 1. The second-order valence-electron chi connectivity index (χ2n) is 2.88. The Morgan fingerprint density at radius 3 is 2.75 bits per heavy atom. The highest BCUT2D eigenvalue weighted by Gasteiger charge is 2.23. The smallest absolute Gasteiger partial charge is 0.308 e. The molecule has 0 unspecified atom stereocenters. The second-order valence-corrected chi connectivity index (χ2v) is 3.73. The average Bonchev–Trinajstić information content (AvgIpc) is 2.16. The van der Waals surface area contributed by atoms with Crippen LogP contribution in [0.4, 0.5) is 8.78 Å². The molecule has 0 saturated carbocycles. The zero-order valence-electron chi connectivity index (χ0n) is 8.21. The fourth-order valence-corrected chi connectivity index (χ4v) is 1.77. The van der Waals surface area contributed by atoms with E-state index in [0.717, 1.165) is 6.20 Å². The van der Waals surface area contributed by atoms with Crippen LogP contribution in [0.2, 0.25) is 0 Å². The zero-order chi connectivity index (χ0) is 12.3. The first-order valence-electron chi connectivity index (χ1n) is 4.18. The van der Waals surface area contributed by atoms with E-state index >= 15 is 0 Å². The van der Waals surface area contributed by atoms with Crippen molar-refractivity contribution in [3.05, 3.63) is 21.8 Å². The molecule has 0 aromatic carbocycles. The summed E-state index contributed by atoms with van der Waals surface area (Å²) in [4.78, 5) is 14.3. The molecule has 1 aromatic heterocycles. The van der Waals surface area contributed by atoms with Gasteiger partial charge in [-0.15, -0.1) is 0 Å². The molecule has 1 heterocycles. The number of pyridine rings is 1. The van der Waals surface area contributed by atoms with E-state index < -0.39 is 24.4 Å². The fraction of sp³-hybridized carbons (Fsp3) is 0.333. The predicted molar refractivity (Wildman–Crippen MR) is 54.8 cm³/mol. The van der Waals surface area contributed by atoms with E-state index in [1.165, 1.54) is 7.11 Å². The summed E-state index contributed by atoms with van der Waals surface area (Å²) in [6.07, 6.45) is -2.19. The lowest BCUT2D eigenvalue weighted by atomic mass is 10.1. The standard InChI is InChI=1S/C9H8BrF2NO3/c1-16-9-4(2-6(14)15)7(8(11)12)5(10)3-13-9/h3,8H,2H2,1H3,(H,14,15). The molecule has 7 heteroatoms. The van der Waals surface area contributed by atoms with E-state index in [2.05, 4.69) is 20.9 Å². The number of rotatable bonds is 4. The van der Waals surface area contributed by atoms with Gasteiger partial charge in [-0.05, 0) is 15.9 Å². The van der Waals surface area contributed by atoms with Gasteiger partial charge in [-0.1, -0.05) is 0 Å². The number of halogens is 3. The van der Waals surface area contributed by atoms with Crippen LogP contribution >= 0.6 is 15.9 Å². The van der Waals surface area contributed by atoms with E-state index in [9.17, 15) is 13.6 Å². The van der Waals surface area contributed by atoms with Crippen molar-refractivity contribution in [3.63, 3.8) is 0 Å². The van der Waals surface area contributed by atoms with Gasteiger partial charge in [0.15, 0.2) is 0 Å². The SMILES string of the molecule is COc1ncc(Br)c(C(F)F)c1CC(=O)O. The molecule has 0 aliphatic heterocycles. The molecule has 1 rings (SSSR count). The Morgan fingerprint density at radius 1 is 1.69 bits per heavy atom. The lowest BCUT2D eigenvalue weighted by Gasteiger charge is -2.12. The molecule has 4 nitrogen and oxygen atoms in total. The molecule has 0 spiro atoms. The molecule has 16 heavy (non-hydrogen) atoms. The van der Waals surface area contributed by atoms with Gasteiger partial charge in [0.05, 0.1) is 13.5 Å². The number of carboxylic acid groups (broad SMARTS) is 1. The van der Waals surface area contributed by atoms with Crippen molar-refractivity contribution >= 4 is 21.9 Å². The monoisotopic (exact) mass is 295 g/mol. The Balaban J connectivity index is 3.36. The maximum absolute atomic E-state index is 12.7. The maximum Gasteiger partial charge on any atom is 0.308 e. The minimum Gasteiger partial charge on any atom is -0.481 e. The van der Waals surface area contributed by atoms with Gasteiger partial charge in [0, 0.05) is 21.8 Å². The normalized spacial score (nSPS) is 10.6. The van der Waals surface area contributed by atoms with E-state index in [4.69, 9.17) is 9.84 Å². The van der Waals surface area contributed by atoms with Gasteiger partial charge >= 0.3 is 5.97 Å². The largest absolute Gasteiger partial charge is 0.481 e. The summed E-state index contributed by atoms with van der Waals surface area (Å²) < 4.78 is 30.3. The molecule has 0 atom stereocenters. The van der Waals surface area contributed by atoms with Gasteiger partial charge in [0.2, 0.25) is 5.88 Å². The lowest BCUT2D eigenvalue weighted by Crippen LogP contribution is -2.08. The molecule has 0 aliphatic carbocycles. The topological polar surface area (TPSA) is 59.4 Å². The summed E-state index contributed by atoms with van der Waals surface area (Å²) in [5, 5.41) is 8.64. The van der Waals surface area contributed by atoms with Gasteiger partial charge in [0.1, 0.15) is 0 Å². The van der Waals surface area contributed by atoms with Crippen LogP contribution in [-0.2, 0) is 11.2 Å². The summed E-state index contributed by atoms with van der Waals surface area (Å²) >= 11 is 2.91. The second kappa shape index (κ2) is 5.20. The quantitative estimate of drug-likeness (QED) is 0.927. The first-order valence-corrected chi connectivity index (χ1v) is 4.97. The van der Waals surface area contributed by atoms with Crippen LogP contribution in [0.1, 0.15) is 17.6 Å². The highest BCUT2D eigenvalue weighted by Crippen LogP contribution is 2.34. The summed E-state index contributed by atoms with van der Waals surface area (Å²) in [6, 6.07) is 0. The van der Waals surface area contributed by atoms with Crippen molar-refractivity contribution in [3.8, 4) is 5.88 Å². The number of ether oxygens (including phenoxy) is 1. The van der Waals surface area contributed by atoms with Crippen LogP contribution < -0.4 is 4.74 Å². The third-order valence-corrected chi connectivity index (χ3v) is 2.51. The minimum atomic E-state index is -2.79. The van der Waals surface area contributed by atoms with Crippen molar-refractivity contribution < 1.29 is 23.4 Å². The molecule has 1 N–H and O–H groups in total. The van der Waals surface area contributed by atoms with E-state index in [1.54, 1.807) is 0 Å². The number of alkyl halides is 2. The Kier molecular flexibility index (Phi) is 4.17. The van der Waals surface area contributed by atoms with Gasteiger partial charge in [-0.25, -0.2) is 13.8 Å². The van der Waals surface area contributed by atoms with E-state index in [-0.39, 0.29) is 15.9 Å². The van der Waals surface area contributed by atoms with Crippen LogP contribution in [0.15, 0.2) is 10.7 Å². The molecule has 0 bridgehead atoms. The molecule has 0 radical (unpaired) electrons. The Morgan fingerprint density at radius 2 is 2.31 bits per heavy atom. The highest BCUT2D eigenvalue weighted by atomic mass is 79.9. The molecule has 88 valence electrons. The van der Waals surface area contributed by atoms with Crippen LogP contribution in [0.3, 0.4) is 0 Å². The van der Waals surface area contributed by atoms with Crippen molar-refractivity contribution in [2.24, 2.45) is 0 Å². The molecule has 0 aliphatic rings. The lowest BCUT2D eigenvalue weighted by molar-refractivity contribution is -0.136. The summed E-state index contributed by atoms with van der Waals surface area (Å²) in [6.45, 7) is 0. The van der Waals surface area contributed by atoms with E-state index in [0.29, 0.717) is 0 Å². The minimum absolute atomic E-state index is 0.0690. The Hall–Kier alpha value is -1.24. The number of hydrogen-bond acceptors (Lipinski definition) is 3. The fourth-order valence-electron chi connectivity index (χ4n) is 1.26. The van der Waals surface area contributed by atoms with Crippen LogP contribution in [-0.4, -0.2) is 23.2 Å². The average molecular weight is 296 g/mol. The maximum atomic E-state index is 12.7. The van der Waals surface area contributed by atoms with Crippen molar-refractivity contribution in [2.75, 3.05) is 7.11 Å². The number of carboxylic acids is 1. The molecular formula is C9H8BrF2NO3. The molecule has 0 fully saturated rings. The Labute approximate surface area is 98.4 Å².